The molecule has 0 saturated carbocycles. The zero-order valence-corrected chi connectivity index (χ0v) is 15.2. The van der Waals surface area contributed by atoms with Crippen LogP contribution in [0.2, 0.25) is 0 Å². The molecule has 0 spiro atoms. The highest BCUT2D eigenvalue weighted by Gasteiger charge is 2.21. The van der Waals surface area contributed by atoms with Gasteiger partial charge in [0.15, 0.2) is 12.7 Å². The van der Waals surface area contributed by atoms with Crippen LogP contribution in [0.3, 0.4) is 0 Å². The molecule has 2 N–H and O–H groups in total. The number of hydrogen-bond donors (Lipinski definition) is 2. The minimum atomic E-state index is -0.780. The van der Waals surface area contributed by atoms with Gasteiger partial charge >= 0.3 is 5.97 Å². The molecule has 0 saturated heterocycles. The average molecular weight is 370 g/mol. The van der Waals surface area contributed by atoms with Gasteiger partial charge in [0, 0.05) is 18.3 Å². The summed E-state index contributed by atoms with van der Waals surface area (Å²) in [5.74, 6) is -0.686. The van der Waals surface area contributed by atoms with E-state index in [2.05, 4.69) is 10.6 Å². The molecule has 142 valence electrons. The maximum absolute atomic E-state index is 12.1. The highest BCUT2D eigenvalue weighted by Crippen LogP contribution is 2.15. The van der Waals surface area contributed by atoms with Crippen molar-refractivity contribution in [2.75, 3.05) is 17.2 Å². The van der Waals surface area contributed by atoms with E-state index in [1.165, 1.54) is 6.92 Å². The summed E-state index contributed by atoms with van der Waals surface area (Å²) < 4.78 is 10.6. The normalized spacial score (nSPS) is 11.2. The van der Waals surface area contributed by atoms with E-state index in [-0.39, 0.29) is 5.91 Å². The van der Waals surface area contributed by atoms with Crippen LogP contribution >= 0.6 is 0 Å². The van der Waals surface area contributed by atoms with E-state index in [1.807, 2.05) is 6.07 Å². The van der Waals surface area contributed by atoms with Crippen molar-refractivity contribution in [3.63, 3.8) is 0 Å². The van der Waals surface area contributed by atoms with Gasteiger partial charge in [0.2, 0.25) is 5.91 Å². The minimum Gasteiger partial charge on any atom is -0.479 e. The Morgan fingerprint density at radius 3 is 2.07 bits per heavy atom. The van der Waals surface area contributed by atoms with Gasteiger partial charge in [0.05, 0.1) is 0 Å². The summed E-state index contributed by atoms with van der Waals surface area (Å²) in [6.07, 6.45) is -0.364. The highest BCUT2D eigenvalue weighted by atomic mass is 16.6. The first kappa shape index (κ1) is 20.0. The summed E-state index contributed by atoms with van der Waals surface area (Å²) in [5, 5.41) is 5.24. The van der Waals surface area contributed by atoms with E-state index in [9.17, 15) is 14.4 Å². The van der Waals surface area contributed by atoms with Gasteiger partial charge in [-0.25, -0.2) is 4.79 Å². The van der Waals surface area contributed by atoms with Crippen molar-refractivity contribution in [2.24, 2.45) is 0 Å². The molecule has 7 nitrogen and oxygen atoms in total. The second kappa shape index (κ2) is 9.96. The van der Waals surface area contributed by atoms with Crippen LogP contribution in [0, 0.1) is 0 Å². The van der Waals surface area contributed by atoms with E-state index in [1.54, 1.807) is 55.5 Å². The van der Waals surface area contributed by atoms with Crippen molar-refractivity contribution < 1.29 is 23.9 Å². The number of esters is 1. The van der Waals surface area contributed by atoms with Crippen molar-refractivity contribution in [3.05, 3.63) is 54.6 Å². The van der Waals surface area contributed by atoms with Crippen LogP contribution in [-0.2, 0) is 19.1 Å². The maximum atomic E-state index is 12.1. The SMILES string of the molecule is CC[C@@H](Oc1ccccc1)C(=O)OCC(=O)Nc1ccc(NC(C)=O)cc1. The van der Waals surface area contributed by atoms with E-state index in [0.717, 1.165) is 0 Å². The molecular formula is C20H22N2O5. The number of hydrogen-bond acceptors (Lipinski definition) is 5. The Morgan fingerprint density at radius 1 is 0.926 bits per heavy atom. The Balaban J connectivity index is 1.81. The number of amides is 2. The lowest BCUT2D eigenvalue weighted by Gasteiger charge is -2.16. The van der Waals surface area contributed by atoms with Crippen molar-refractivity contribution in [3.8, 4) is 5.75 Å². The zero-order valence-electron chi connectivity index (χ0n) is 15.2. The van der Waals surface area contributed by atoms with Gasteiger partial charge in [-0.15, -0.1) is 0 Å². The second-order valence-electron chi connectivity index (χ2n) is 5.74. The monoisotopic (exact) mass is 370 g/mol. The van der Waals surface area contributed by atoms with Gasteiger partial charge in [-0.1, -0.05) is 25.1 Å². The molecular weight excluding hydrogens is 348 g/mol. The molecule has 1 atom stereocenters. The quantitative estimate of drug-likeness (QED) is 0.697. The van der Waals surface area contributed by atoms with Crippen molar-refractivity contribution in [2.45, 2.75) is 26.4 Å². The molecule has 0 aromatic heterocycles. The smallest absolute Gasteiger partial charge is 0.347 e. The third-order valence-corrected chi connectivity index (χ3v) is 3.49. The second-order valence-corrected chi connectivity index (χ2v) is 5.74. The van der Waals surface area contributed by atoms with Crippen LogP contribution in [0.4, 0.5) is 11.4 Å². The summed E-state index contributed by atoms with van der Waals surface area (Å²) in [7, 11) is 0. The number of benzene rings is 2. The molecule has 0 bridgehead atoms. The van der Waals surface area contributed by atoms with Crippen LogP contribution in [0.5, 0.6) is 5.75 Å². The molecule has 2 aromatic rings. The number of nitrogens with one attached hydrogen (secondary N) is 2. The molecule has 0 unspecified atom stereocenters. The lowest BCUT2D eigenvalue weighted by atomic mass is 10.2. The number of carbonyl (C=O) groups excluding carboxylic acids is 3. The first-order valence-corrected chi connectivity index (χ1v) is 8.53. The lowest BCUT2D eigenvalue weighted by Crippen LogP contribution is -2.31. The lowest BCUT2D eigenvalue weighted by molar-refractivity contribution is -0.154. The molecule has 0 aliphatic rings. The Bertz CT molecular complexity index is 775. The number of anilines is 2. The van der Waals surface area contributed by atoms with E-state index in [0.29, 0.717) is 23.5 Å². The number of ether oxygens (including phenoxy) is 2. The van der Waals surface area contributed by atoms with Gasteiger partial charge in [0.1, 0.15) is 5.75 Å². The highest BCUT2D eigenvalue weighted by molar-refractivity contribution is 5.94. The Hall–Kier alpha value is -3.35. The first-order chi connectivity index (χ1) is 13.0. The summed E-state index contributed by atoms with van der Waals surface area (Å²) >= 11 is 0. The molecule has 2 aromatic carbocycles. The van der Waals surface area contributed by atoms with Crippen molar-refractivity contribution in [1.29, 1.82) is 0 Å². The van der Waals surface area contributed by atoms with Crippen LogP contribution < -0.4 is 15.4 Å². The molecule has 0 fully saturated rings. The number of carbonyl (C=O) groups is 3. The van der Waals surface area contributed by atoms with E-state index >= 15 is 0 Å². The molecule has 0 aliphatic heterocycles. The Morgan fingerprint density at radius 2 is 1.52 bits per heavy atom. The third kappa shape index (κ3) is 6.81. The first-order valence-electron chi connectivity index (χ1n) is 8.53. The number of para-hydroxylation sites is 1. The van der Waals surface area contributed by atoms with Crippen molar-refractivity contribution >= 4 is 29.2 Å². The summed E-state index contributed by atoms with van der Waals surface area (Å²) in [6, 6.07) is 15.5. The predicted octanol–water partition coefficient (Wildman–Crippen LogP) is 2.98. The van der Waals surface area contributed by atoms with Crippen LogP contribution in [0.15, 0.2) is 54.6 Å². The topological polar surface area (TPSA) is 93.7 Å². The minimum absolute atomic E-state index is 0.179. The molecule has 0 aliphatic carbocycles. The molecule has 27 heavy (non-hydrogen) atoms. The van der Waals surface area contributed by atoms with Crippen molar-refractivity contribution in [1.82, 2.24) is 0 Å². The van der Waals surface area contributed by atoms with Gasteiger partial charge in [0.25, 0.3) is 5.91 Å². The maximum Gasteiger partial charge on any atom is 0.347 e. The summed E-state index contributed by atoms with van der Waals surface area (Å²) in [5.41, 5.74) is 1.15. The van der Waals surface area contributed by atoms with Gasteiger partial charge in [-0.2, -0.15) is 0 Å². The standard InChI is InChI=1S/C20H22N2O5/c1-3-18(27-17-7-5-4-6-8-17)20(25)26-13-19(24)22-16-11-9-15(10-12-16)21-14(2)23/h4-12,18H,3,13H2,1-2H3,(H,21,23)(H,22,24)/t18-/m1/s1. The summed E-state index contributed by atoms with van der Waals surface area (Å²) in [4.78, 5) is 35.0. The summed E-state index contributed by atoms with van der Waals surface area (Å²) in [6.45, 7) is 2.79. The zero-order chi connectivity index (χ0) is 19.6. The molecule has 0 radical (unpaired) electrons. The van der Waals surface area contributed by atoms with E-state index < -0.39 is 24.6 Å². The Kier molecular flexibility index (Phi) is 7.37. The van der Waals surface area contributed by atoms with Crippen LogP contribution in [0.1, 0.15) is 20.3 Å². The molecule has 7 heteroatoms. The van der Waals surface area contributed by atoms with Gasteiger partial charge in [-0.3, -0.25) is 9.59 Å². The number of rotatable bonds is 8. The van der Waals surface area contributed by atoms with Crippen LogP contribution in [-0.4, -0.2) is 30.5 Å². The largest absolute Gasteiger partial charge is 0.479 e. The van der Waals surface area contributed by atoms with E-state index in [4.69, 9.17) is 9.47 Å². The average Bonchev–Trinajstić information content (AvgIpc) is 2.66. The molecule has 2 amide bonds. The fourth-order valence-corrected chi connectivity index (χ4v) is 2.23. The third-order valence-electron chi connectivity index (χ3n) is 3.49. The Labute approximate surface area is 157 Å². The van der Waals surface area contributed by atoms with Gasteiger partial charge < -0.3 is 20.1 Å². The molecule has 0 heterocycles. The van der Waals surface area contributed by atoms with Gasteiger partial charge in [-0.05, 0) is 42.8 Å². The fourth-order valence-electron chi connectivity index (χ4n) is 2.23. The van der Waals surface area contributed by atoms with Crippen LogP contribution in [0.25, 0.3) is 0 Å². The predicted molar refractivity (Wildman–Crippen MR) is 101 cm³/mol. The fraction of sp³-hybridized carbons (Fsp3) is 0.250. The molecule has 2 rings (SSSR count).